The highest BCUT2D eigenvalue weighted by molar-refractivity contribution is 5.87. The molecule has 0 saturated heterocycles. The standard InChI is InChI=1S/C14H16F3NO2/c15-14(16,17)10-3-7-12(8-4-10)18-11-5-1-9(2-6-11)13(19)20/h1-2,5-6,10,12,18H,3-4,7-8H2,(H,19,20). The van der Waals surface area contributed by atoms with Crippen molar-refractivity contribution < 1.29 is 23.1 Å². The first-order valence-corrected chi connectivity index (χ1v) is 6.53. The Hall–Kier alpha value is -1.72. The van der Waals surface area contributed by atoms with Gasteiger partial charge >= 0.3 is 12.1 Å². The fourth-order valence-corrected chi connectivity index (χ4v) is 2.51. The Morgan fingerprint density at radius 2 is 1.65 bits per heavy atom. The van der Waals surface area contributed by atoms with Crippen LogP contribution in [0, 0.1) is 5.92 Å². The average Bonchev–Trinajstić information content (AvgIpc) is 2.39. The number of halogens is 3. The largest absolute Gasteiger partial charge is 0.478 e. The van der Waals surface area contributed by atoms with Crippen LogP contribution in [0.4, 0.5) is 18.9 Å². The predicted octanol–water partition coefficient (Wildman–Crippen LogP) is 3.92. The summed E-state index contributed by atoms with van der Waals surface area (Å²) in [6.45, 7) is 0. The molecule has 0 unspecified atom stereocenters. The van der Waals surface area contributed by atoms with Crippen LogP contribution in [0.15, 0.2) is 24.3 Å². The number of anilines is 1. The summed E-state index contributed by atoms with van der Waals surface area (Å²) in [5.41, 5.74) is 0.932. The summed E-state index contributed by atoms with van der Waals surface area (Å²) < 4.78 is 37.6. The topological polar surface area (TPSA) is 49.3 Å². The Kier molecular flexibility index (Phi) is 4.20. The van der Waals surface area contributed by atoms with Gasteiger partial charge < -0.3 is 10.4 Å². The highest BCUT2D eigenvalue weighted by Crippen LogP contribution is 2.38. The molecule has 0 atom stereocenters. The van der Waals surface area contributed by atoms with Gasteiger partial charge in [-0.1, -0.05) is 0 Å². The molecule has 0 aliphatic heterocycles. The van der Waals surface area contributed by atoms with Crippen molar-refractivity contribution in [3.8, 4) is 0 Å². The third-order valence-corrected chi connectivity index (χ3v) is 3.69. The molecule has 2 rings (SSSR count). The summed E-state index contributed by atoms with van der Waals surface area (Å²) in [6.07, 6.45) is -2.84. The Morgan fingerprint density at radius 1 is 1.10 bits per heavy atom. The number of alkyl halides is 3. The van der Waals surface area contributed by atoms with Crippen LogP contribution < -0.4 is 5.32 Å². The third-order valence-electron chi connectivity index (χ3n) is 3.69. The molecule has 0 heterocycles. The van der Waals surface area contributed by atoms with E-state index in [1.165, 1.54) is 12.1 Å². The van der Waals surface area contributed by atoms with Crippen LogP contribution in [-0.2, 0) is 0 Å². The minimum absolute atomic E-state index is 0.0179. The number of benzene rings is 1. The molecule has 0 aromatic heterocycles. The quantitative estimate of drug-likeness (QED) is 0.886. The molecule has 1 aliphatic carbocycles. The van der Waals surface area contributed by atoms with Gasteiger partial charge in [0.05, 0.1) is 11.5 Å². The smallest absolute Gasteiger partial charge is 0.391 e. The van der Waals surface area contributed by atoms with E-state index >= 15 is 0 Å². The molecule has 6 heteroatoms. The summed E-state index contributed by atoms with van der Waals surface area (Å²) in [6, 6.07) is 6.25. The van der Waals surface area contributed by atoms with Crippen LogP contribution in [0.3, 0.4) is 0 Å². The highest BCUT2D eigenvalue weighted by atomic mass is 19.4. The maximum atomic E-state index is 12.5. The monoisotopic (exact) mass is 287 g/mol. The van der Waals surface area contributed by atoms with Crippen LogP contribution in [0.2, 0.25) is 0 Å². The third kappa shape index (κ3) is 3.65. The number of hydrogen-bond acceptors (Lipinski definition) is 2. The summed E-state index contributed by atoms with van der Waals surface area (Å²) in [5.74, 6) is -2.18. The molecule has 110 valence electrons. The fraction of sp³-hybridized carbons (Fsp3) is 0.500. The molecule has 0 bridgehead atoms. The van der Waals surface area contributed by atoms with E-state index in [1.54, 1.807) is 12.1 Å². The van der Waals surface area contributed by atoms with Crippen molar-refractivity contribution in [2.24, 2.45) is 5.92 Å². The zero-order valence-corrected chi connectivity index (χ0v) is 10.8. The van der Waals surface area contributed by atoms with E-state index in [0.29, 0.717) is 12.8 Å². The zero-order valence-electron chi connectivity index (χ0n) is 10.8. The summed E-state index contributed by atoms with van der Waals surface area (Å²) in [7, 11) is 0. The molecule has 0 radical (unpaired) electrons. The van der Waals surface area contributed by atoms with Crippen molar-refractivity contribution >= 4 is 11.7 Å². The van der Waals surface area contributed by atoms with Crippen molar-refractivity contribution in [2.45, 2.75) is 37.9 Å². The van der Waals surface area contributed by atoms with Gasteiger partial charge in [-0.05, 0) is 49.9 Å². The molecule has 1 aromatic rings. The molecule has 1 aliphatic rings. The minimum atomic E-state index is -4.09. The molecule has 2 N–H and O–H groups in total. The average molecular weight is 287 g/mol. The van der Waals surface area contributed by atoms with Crippen molar-refractivity contribution in [1.29, 1.82) is 0 Å². The second kappa shape index (κ2) is 5.73. The number of carboxylic acids is 1. The molecule has 1 fully saturated rings. The van der Waals surface area contributed by atoms with E-state index in [1.807, 2.05) is 0 Å². The Balaban J connectivity index is 1.88. The minimum Gasteiger partial charge on any atom is -0.478 e. The molecule has 1 saturated carbocycles. The van der Waals surface area contributed by atoms with E-state index in [9.17, 15) is 18.0 Å². The lowest BCUT2D eigenvalue weighted by Crippen LogP contribution is -2.32. The molecular formula is C14H16F3NO2. The Bertz CT molecular complexity index is 462. The normalized spacial score (nSPS) is 23.4. The van der Waals surface area contributed by atoms with E-state index in [-0.39, 0.29) is 24.4 Å². The van der Waals surface area contributed by atoms with E-state index < -0.39 is 18.1 Å². The zero-order chi connectivity index (χ0) is 14.8. The maximum Gasteiger partial charge on any atom is 0.391 e. The summed E-state index contributed by atoms with van der Waals surface area (Å²) >= 11 is 0. The van der Waals surface area contributed by atoms with Gasteiger partial charge in [0.15, 0.2) is 0 Å². The number of nitrogens with one attached hydrogen (secondary N) is 1. The van der Waals surface area contributed by atoms with Crippen LogP contribution >= 0.6 is 0 Å². The van der Waals surface area contributed by atoms with Gasteiger partial charge in [-0.2, -0.15) is 13.2 Å². The van der Waals surface area contributed by atoms with Crippen molar-refractivity contribution in [2.75, 3.05) is 5.32 Å². The first kappa shape index (κ1) is 14.7. The molecular weight excluding hydrogens is 271 g/mol. The van der Waals surface area contributed by atoms with E-state index in [4.69, 9.17) is 5.11 Å². The predicted molar refractivity (Wildman–Crippen MR) is 68.8 cm³/mol. The van der Waals surface area contributed by atoms with Crippen LogP contribution in [0.1, 0.15) is 36.0 Å². The number of rotatable bonds is 3. The van der Waals surface area contributed by atoms with Gasteiger partial charge in [0.25, 0.3) is 0 Å². The van der Waals surface area contributed by atoms with Crippen LogP contribution in [-0.4, -0.2) is 23.3 Å². The molecule has 0 amide bonds. The number of carboxylic acid groups (broad SMARTS) is 1. The van der Waals surface area contributed by atoms with Crippen LogP contribution in [0.5, 0.6) is 0 Å². The van der Waals surface area contributed by atoms with E-state index in [0.717, 1.165) is 5.69 Å². The lowest BCUT2D eigenvalue weighted by molar-refractivity contribution is -0.182. The van der Waals surface area contributed by atoms with Crippen LogP contribution in [0.25, 0.3) is 0 Å². The molecule has 20 heavy (non-hydrogen) atoms. The molecule has 3 nitrogen and oxygen atoms in total. The highest BCUT2D eigenvalue weighted by Gasteiger charge is 2.41. The van der Waals surface area contributed by atoms with Crippen molar-refractivity contribution in [3.63, 3.8) is 0 Å². The Morgan fingerprint density at radius 3 is 2.10 bits per heavy atom. The van der Waals surface area contributed by atoms with Gasteiger partial charge in [0.1, 0.15) is 0 Å². The molecule has 0 spiro atoms. The summed E-state index contributed by atoms with van der Waals surface area (Å²) in [5, 5.41) is 11.9. The summed E-state index contributed by atoms with van der Waals surface area (Å²) in [4.78, 5) is 10.7. The number of hydrogen-bond donors (Lipinski definition) is 2. The lowest BCUT2D eigenvalue weighted by Gasteiger charge is -2.30. The van der Waals surface area contributed by atoms with Crippen molar-refractivity contribution in [1.82, 2.24) is 0 Å². The first-order valence-electron chi connectivity index (χ1n) is 6.53. The lowest BCUT2D eigenvalue weighted by atomic mass is 9.85. The maximum absolute atomic E-state index is 12.5. The SMILES string of the molecule is O=C(O)c1ccc(NC2CCC(C(F)(F)F)CC2)cc1. The van der Waals surface area contributed by atoms with Gasteiger partial charge in [-0.25, -0.2) is 4.79 Å². The Labute approximate surface area is 114 Å². The van der Waals surface area contributed by atoms with Gasteiger partial charge in [-0.15, -0.1) is 0 Å². The fourth-order valence-electron chi connectivity index (χ4n) is 2.51. The van der Waals surface area contributed by atoms with Gasteiger partial charge in [0, 0.05) is 11.7 Å². The second-order valence-corrected chi connectivity index (χ2v) is 5.12. The first-order chi connectivity index (χ1) is 9.36. The second-order valence-electron chi connectivity index (χ2n) is 5.12. The molecule has 1 aromatic carbocycles. The van der Waals surface area contributed by atoms with E-state index in [2.05, 4.69) is 5.32 Å². The van der Waals surface area contributed by atoms with Gasteiger partial charge in [0.2, 0.25) is 0 Å². The van der Waals surface area contributed by atoms with Crippen molar-refractivity contribution in [3.05, 3.63) is 29.8 Å². The van der Waals surface area contributed by atoms with Gasteiger partial charge in [-0.3, -0.25) is 0 Å². The number of carbonyl (C=O) groups is 1. The number of aromatic carboxylic acids is 1.